The van der Waals surface area contributed by atoms with Crippen LogP contribution in [0.5, 0.6) is 5.75 Å². The summed E-state index contributed by atoms with van der Waals surface area (Å²) in [7, 11) is 1.46. The number of methoxy groups -OCH3 is 1. The maximum absolute atomic E-state index is 14.2. The molecule has 0 bridgehead atoms. The minimum absolute atomic E-state index is 0.233. The van der Waals surface area contributed by atoms with Gasteiger partial charge in [0.2, 0.25) is 0 Å². The van der Waals surface area contributed by atoms with Crippen molar-refractivity contribution in [3.63, 3.8) is 0 Å². The molecule has 0 saturated carbocycles. The first-order valence-electron chi connectivity index (χ1n) is 6.75. The number of rotatable bonds is 6. The first-order valence-corrected chi connectivity index (χ1v) is 7.88. The van der Waals surface area contributed by atoms with Crippen molar-refractivity contribution in [3.05, 3.63) is 65.2 Å². The van der Waals surface area contributed by atoms with Crippen LogP contribution in [0.2, 0.25) is 0 Å². The van der Waals surface area contributed by atoms with Crippen LogP contribution in [0.1, 0.15) is 11.1 Å². The summed E-state index contributed by atoms with van der Waals surface area (Å²) in [6, 6.07) is 11.6. The highest BCUT2D eigenvalue weighted by atomic mass is 79.9. The highest BCUT2D eigenvalue weighted by Gasteiger charge is 2.15. The van der Waals surface area contributed by atoms with Gasteiger partial charge < -0.3 is 4.74 Å². The van der Waals surface area contributed by atoms with Crippen LogP contribution < -0.4 is 4.74 Å². The maximum Gasteiger partial charge on any atom is 0.168 e. The Morgan fingerprint density at radius 1 is 1.05 bits per heavy atom. The van der Waals surface area contributed by atoms with Gasteiger partial charge in [-0.25, -0.2) is 8.78 Å². The zero-order valence-corrected chi connectivity index (χ0v) is 13.4. The number of alkyl halides is 1. The van der Waals surface area contributed by atoms with Gasteiger partial charge in [0.15, 0.2) is 11.6 Å². The Morgan fingerprint density at radius 2 is 1.76 bits per heavy atom. The molecule has 0 N–H and O–H groups in total. The summed E-state index contributed by atoms with van der Waals surface area (Å²) in [6.07, 6.45) is 1.37. The lowest BCUT2D eigenvalue weighted by Crippen LogP contribution is -2.11. The normalized spacial score (nSPS) is 12.2. The van der Waals surface area contributed by atoms with Gasteiger partial charge in [-0.05, 0) is 48.1 Å². The lowest BCUT2D eigenvalue weighted by atomic mass is 9.94. The molecule has 112 valence electrons. The zero-order chi connectivity index (χ0) is 15.2. The van der Waals surface area contributed by atoms with E-state index in [1.165, 1.54) is 19.2 Å². The highest BCUT2D eigenvalue weighted by Crippen LogP contribution is 2.24. The lowest BCUT2D eigenvalue weighted by molar-refractivity contribution is 0.382. The van der Waals surface area contributed by atoms with Crippen molar-refractivity contribution >= 4 is 15.9 Å². The standard InChI is InChI=1S/C17H17BrF2O/c1-21-16-4-2-3-14(17(16)20)10-13(11-18)9-12-5-7-15(19)8-6-12/h2-8,13H,9-11H2,1H3. The number of ether oxygens (including phenoxy) is 1. The molecule has 0 aliphatic rings. The van der Waals surface area contributed by atoms with E-state index in [0.717, 1.165) is 17.3 Å². The topological polar surface area (TPSA) is 9.23 Å². The number of benzene rings is 2. The molecule has 0 radical (unpaired) electrons. The largest absolute Gasteiger partial charge is 0.494 e. The SMILES string of the molecule is COc1cccc(CC(CBr)Cc2ccc(F)cc2)c1F. The Hall–Kier alpha value is -1.42. The lowest BCUT2D eigenvalue weighted by Gasteiger charge is -2.15. The summed E-state index contributed by atoms with van der Waals surface area (Å²) in [5.41, 5.74) is 1.69. The maximum atomic E-state index is 14.2. The van der Waals surface area contributed by atoms with Crippen LogP contribution in [0.15, 0.2) is 42.5 Å². The predicted octanol–water partition coefficient (Wildman–Crippen LogP) is 4.77. The molecule has 0 spiro atoms. The molecule has 0 fully saturated rings. The van der Waals surface area contributed by atoms with Gasteiger partial charge in [0.25, 0.3) is 0 Å². The van der Waals surface area contributed by atoms with E-state index >= 15 is 0 Å². The van der Waals surface area contributed by atoms with Crippen molar-refractivity contribution in [2.24, 2.45) is 5.92 Å². The van der Waals surface area contributed by atoms with E-state index in [4.69, 9.17) is 4.74 Å². The van der Waals surface area contributed by atoms with Crippen molar-refractivity contribution in [1.29, 1.82) is 0 Å². The van der Waals surface area contributed by atoms with Gasteiger partial charge >= 0.3 is 0 Å². The van der Waals surface area contributed by atoms with E-state index in [1.54, 1.807) is 30.3 Å². The number of hydrogen-bond donors (Lipinski definition) is 0. The highest BCUT2D eigenvalue weighted by molar-refractivity contribution is 9.09. The molecule has 0 aliphatic carbocycles. The minimum Gasteiger partial charge on any atom is -0.494 e. The summed E-state index contributed by atoms with van der Waals surface area (Å²) < 4.78 is 32.1. The third-order valence-electron chi connectivity index (χ3n) is 3.43. The van der Waals surface area contributed by atoms with Gasteiger partial charge in [-0.15, -0.1) is 0 Å². The Labute approximate surface area is 132 Å². The van der Waals surface area contributed by atoms with E-state index in [0.29, 0.717) is 12.0 Å². The van der Waals surface area contributed by atoms with E-state index in [2.05, 4.69) is 15.9 Å². The molecule has 0 saturated heterocycles. The van der Waals surface area contributed by atoms with Crippen LogP contribution in [-0.4, -0.2) is 12.4 Å². The van der Waals surface area contributed by atoms with Crippen molar-refractivity contribution < 1.29 is 13.5 Å². The van der Waals surface area contributed by atoms with Gasteiger partial charge in [0.05, 0.1) is 7.11 Å². The second kappa shape index (κ2) is 7.55. The molecule has 2 aromatic carbocycles. The average Bonchev–Trinajstić information content (AvgIpc) is 2.50. The molecule has 1 atom stereocenters. The summed E-state index contributed by atoms with van der Waals surface area (Å²) in [5, 5.41) is 0.751. The Kier molecular flexibility index (Phi) is 5.74. The summed E-state index contributed by atoms with van der Waals surface area (Å²) in [4.78, 5) is 0. The summed E-state index contributed by atoms with van der Waals surface area (Å²) >= 11 is 3.48. The second-order valence-corrected chi connectivity index (χ2v) is 5.64. The number of halogens is 3. The van der Waals surface area contributed by atoms with Crippen LogP contribution in [0.3, 0.4) is 0 Å². The Bertz CT molecular complexity index is 584. The van der Waals surface area contributed by atoms with Crippen molar-refractivity contribution in [1.82, 2.24) is 0 Å². The molecule has 0 aromatic heterocycles. The molecular weight excluding hydrogens is 338 g/mol. The monoisotopic (exact) mass is 354 g/mol. The smallest absolute Gasteiger partial charge is 0.168 e. The quantitative estimate of drug-likeness (QED) is 0.679. The van der Waals surface area contributed by atoms with Gasteiger partial charge in [0, 0.05) is 5.33 Å². The van der Waals surface area contributed by atoms with Gasteiger partial charge in [0.1, 0.15) is 5.82 Å². The van der Waals surface area contributed by atoms with Crippen LogP contribution in [0, 0.1) is 17.6 Å². The van der Waals surface area contributed by atoms with Gasteiger partial charge in [-0.2, -0.15) is 0 Å². The van der Waals surface area contributed by atoms with Crippen molar-refractivity contribution in [3.8, 4) is 5.75 Å². The fourth-order valence-electron chi connectivity index (χ4n) is 2.32. The van der Waals surface area contributed by atoms with E-state index in [-0.39, 0.29) is 23.3 Å². The molecule has 1 unspecified atom stereocenters. The van der Waals surface area contributed by atoms with Crippen LogP contribution in [0.25, 0.3) is 0 Å². The molecule has 0 heterocycles. The first kappa shape index (κ1) is 16.0. The second-order valence-electron chi connectivity index (χ2n) is 4.99. The third kappa shape index (κ3) is 4.27. The van der Waals surface area contributed by atoms with Crippen LogP contribution >= 0.6 is 15.9 Å². The van der Waals surface area contributed by atoms with E-state index in [9.17, 15) is 8.78 Å². The Balaban J connectivity index is 2.10. The fourth-order valence-corrected chi connectivity index (χ4v) is 2.78. The molecule has 21 heavy (non-hydrogen) atoms. The average molecular weight is 355 g/mol. The third-order valence-corrected chi connectivity index (χ3v) is 4.34. The molecule has 0 aliphatic heterocycles. The van der Waals surface area contributed by atoms with Gasteiger partial charge in [-0.3, -0.25) is 0 Å². The number of hydrogen-bond acceptors (Lipinski definition) is 1. The van der Waals surface area contributed by atoms with Gasteiger partial charge in [-0.1, -0.05) is 40.2 Å². The van der Waals surface area contributed by atoms with Crippen molar-refractivity contribution in [2.75, 3.05) is 12.4 Å². The van der Waals surface area contributed by atoms with Crippen LogP contribution in [0.4, 0.5) is 8.78 Å². The summed E-state index contributed by atoms with van der Waals surface area (Å²) in [5.74, 6) is -0.0438. The zero-order valence-electron chi connectivity index (χ0n) is 11.8. The van der Waals surface area contributed by atoms with Crippen molar-refractivity contribution in [2.45, 2.75) is 12.8 Å². The molecule has 4 heteroatoms. The Morgan fingerprint density at radius 3 is 2.38 bits per heavy atom. The molecule has 2 rings (SSSR count). The minimum atomic E-state index is -0.301. The fraction of sp³-hybridized carbons (Fsp3) is 0.294. The molecule has 2 aromatic rings. The van der Waals surface area contributed by atoms with Crippen LogP contribution in [-0.2, 0) is 12.8 Å². The molecule has 1 nitrogen and oxygen atoms in total. The van der Waals surface area contributed by atoms with E-state index in [1.807, 2.05) is 0 Å². The van der Waals surface area contributed by atoms with E-state index < -0.39 is 0 Å². The molecular formula is C17H17BrF2O. The first-order chi connectivity index (χ1) is 10.1. The summed E-state index contributed by atoms with van der Waals surface area (Å²) in [6.45, 7) is 0. The molecule has 0 amide bonds. The predicted molar refractivity (Wildman–Crippen MR) is 84.0 cm³/mol.